The summed E-state index contributed by atoms with van der Waals surface area (Å²) < 4.78 is 11.8. The van der Waals surface area contributed by atoms with Gasteiger partial charge in [-0.05, 0) is 62.0 Å². The number of aryl methyl sites for hydroxylation is 1. The van der Waals surface area contributed by atoms with Gasteiger partial charge in [-0.25, -0.2) is 0 Å². The zero-order valence-electron chi connectivity index (χ0n) is 18.9. The lowest BCUT2D eigenvalue weighted by molar-refractivity contribution is 0.177. The molecule has 2 nitrogen and oxygen atoms in total. The third-order valence-electron chi connectivity index (χ3n) is 8.29. The molecule has 0 saturated heterocycles. The first-order valence-corrected chi connectivity index (χ1v) is 12.1. The molecule has 1 atom stereocenters. The molecule has 0 amide bonds. The van der Waals surface area contributed by atoms with Crippen LogP contribution in [0.1, 0.15) is 93.9 Å². The van der Waals surface area contributed by atoms with Crippen LogP contribution < -0.4 is 9.47 Å². The Labute approximate surface area is 182 Å². The van der Waals surface area contributed by atoms with Crippen molar-refractivity contribution in [2.24, 2.45) is 0 Å². The van der Waals surface area contributed by atoms with Gasteiger partial charge in [0.2, 0.25) is 0 Å². The third-order valence-corrected chi connectivity index (χ3v) is 8.29. The van der Waals surface area contributed by atoms with Crippen LogP contribution in [0.4, 0.5) is 0 Å². The zero-order valence-corrected chi connectivity index (χ0v) is 18.9. The van der Waals surface area contributed by atoms with Crippen LogP contribution >= 0.6 is 0 Å². The molecule has 1 unspecified atom stereocenters. The molecule has 2 spiro atoms. The van der Waals surface area contributed by atoms with Gasteiger partial charge in [-0.1, -0.05) is 63.6 Å². The van der Waals surface area contributed by atoms with Crippen LogP contribution in [0.5, 0.6) is 11.5 Å². The van der Waals surface area contributed by atoms with Gasteiger partial charge in [-0.15, -0.1) is 0 Å². The molecule has 4 aliphatic rings. The molecule has 2 aliphatic carbocycles. The van der Waals surface area contributed by atoms with Crippen LogP contribution in [-0.2, 0) is 17.3 Å². The van der Waals surface area contributed by atoms with Gasteiger partial charge in [0, 0.05) is 22.0 Å². The van der Waals surface area contributed by atoms with Crippen LogP contribution in [-0.4, -0.2) is 13.2 Å². The Balaban J connectivity index is 0.000000130. The highest BCUT2D eigenvalue weighted by Crippen LogP contribution is 2.56. The summed E-state index contributed by atoms with van der Waals surface area (Å²) in [6, 6.07) is 13.4. The average molecular weight is 405 g/mol. The number of para-hydroxylation sites is 2. The van der Waals surface area contributed by atoms with Gasteiger partial charge in [0.15, 0.2) is 0 Å². The summed E-state index contributed by atoms with van der Waals surface area (Å²) in [5.74, 6) is 3.04. The topological polar surface area (TPSA) is 18.5 Å². The fourth-order valence-corrected chi connectivity index (χ4v) is 5.65. The molecule has 2 aromatic carbocycles. The van der Waals surface area contributed by atoms with Crippen LogP contribution in [0.2, 0.25) is 0 Å². The van der Waals surface area contributed by atoms with Crippen molar-refractivity contribution in [3.8, 4) is 11.5 Å². The Hall–Kier alpha value is -1.96. The molecule has 2 heteroatoms. The number of benzene rings is 2. The van der Waals surface area contributed by atoms with Crippen molar-refractivity contribution in [2.75, 3.05) is 13.2 Å². The highest BCUT2D eigenvalue weighted by Gasteiger charge is 2.48. The predicted molar refractivity (Wildman–Crippen MR) is 123 cm³/mol. The quantitative estimate of drug-likeness (QED) is 0.544. The lowest BCUT2D eigenvalue weighted by Crippen LogP contribution is -2.35. The van der Waals surface area contributed by atoms with E-state index >= 15 is 0 Å². The van der Waals surface area contributed by atoms with E-state index in [-0.39, 0.29) is 0 Å². The molecule has 2 aromatic rings. The molecule has 30 heavy (non-hydrogen) atoms. The van der Waals surface area contributed by atoms with Crippen molar-refractivity contribution in [3.63, 3.8) is 0 Å². The van der Waals surface area contributed by atoms with Gasteiger partial charge in [0.1, 0.15) is 11.5 Å². The smallest absolute Gasteiger partial charge is 0.126 e. The number of hydrogen-bond donors (Lipinski definition) is 0. The second kappa shape index (κ2) is 7.62. The SMILES string of the molecule is CCC(C)c1cccc2c1OCC21CCC1.CCc1cccc2c1OCCC21CC1. The van der Waals surface area contributed by atoms with Crippen molar-refractivity contribution >= 4 is 0 Å². The van der Waals surface area contributed by atoms with E-state index in [1.54, 1.807) is 0 Å². The molecule has 0 radical (unpaired) electrons. The van der Waals surface area contributed by atoms with Crippen molar-refractivity contribution in [2.45, 2.75) is 88.9 Å². The zero-order chi connectivity index (χ0) is 20.8. The molecule has 0 aromatic heterocycles. The Morgan fingerprint density at radius 1 is 0.833 bits per heavy atom. The monoisotopic (exact) mass is 404 g/mol. The molecule has 6 rings (SSSR count). The van der Waals surface area contributed by atoms with Gasteiger partial charge < -0.3 is 9.47 Å². The first kappa shape index (κ1) is 20.0. The fourth-order valence-electron chi connectivity index (χ4n) is 5.65. The molecule has 2 aliphatic heterocycles. The summed E-state index contributed by atoms with van der Waals surface area (Å²) in [4.78, 5) is 0. The molecule has 2 saturated carbocycles. The standard InChI is InChI=1S/C15H20O.C13H16O/c1-3-11(2)12-6-4-7-13-14(12)16-10-15(13)8-5-9-15;1-2-10-4-3-5-11-12(10)14-9-8-13(11)6-7-13/h4,6-7,11H,3,5,8-10H2,1-2H3;3-5H,2,6-9H2,1H3. The predicted octanol–water partition coefficient (Wildman–Crippen LogP) is 7.08. The van der Waals surface area contributed by atoms with Gasteiger partial charge in [0.25, 0.3) is 0 Å². The highest BCUT2D eigenvalue weighted by molar-refractivity contribution is 5.52. The number of ether oxygens (including phenoxy) is 2. The van der Waals surface area contributed by atoms with Gasteiger partial charge in [-0.3, -0.25) is 0 Å². The van der Waals surface area contributed by atoms with Crippen LogP contribution in [0.3, 0.4) is 0 Å². The lowest BCUT2D eigenvalue weighted by atomic mass is 9.65. The lowest BCUT2D eigenvalue weighted by Gasteiger charge is -2.36. The summed E-state index contributed by atoms with van der Waals surface area (Å²) in [6.07, 6.45) is 10.3. The Morgan fingerprint density at radius 2 is 1.57 bits per heavy atom. The minimum absolute atomic E-state index is 0.402. The van der Waals surface area contributed by atoms with Crippen molar-refractivity contribution < 1.29 is 9.47 Å². The van der Waals surface area contributed by atoms with Crippen molar-refractivity contribution in [1.29, 1.82) is 0 Å². The first-order valence-electron chi connectivity index (χ1n) is 12.1. The largest absolute Gasteiger partial charge is 0.493 e. The van der Waals surface area contributed by atoms with Crippen LogP contribution in [0.25, 0.3) is 0 Å². The van der Waals surface area contributed by atoms with Crippen molar-refractivity contribution in [1.82, 2.24) is 0 Å². The average Bonchev–Trinajstić information content (AvgIpc) is 3.41. The van der Waals surface area contributed by atoms with E-state index in [4.69, 9.17) is 9.47 Å². The second-order valence-electron chi connectivity index (χ2n) is 9.98. The number of rotatable bonds is 3. The first-order chi connectivity index (χ1) is 14.6. The molecule has 0 N–H and O–H groups in total. The van der Waals surface area contributed by atoms with Crippen molar-refractivity contribution in [3.05, 3.63) is 58.7 Å². The van der Waals surface area contributed by atoms with E-state index in [0.29, 0.717) is 16.7 Å². The molecule has 2 heterocycles. The van der Waals surface area contributed by atoms with Gasteiger partial charge in [-0.2, -0.15) is 0 Å². The maximum atomic E-state index is 6.01. The minimum Gasteiger partial charge on any atom is -0.493 e. The normalized spacial score (nSPS) is 22.0. The molecular weight excluding hydrogens is 368 g/mol. The van der Waals surface area contributed by atoms with E-state index in [1.807, 2.05) is 0 Å². The number of fused-ring (bicyclic) bond motifs is 4. The highest BCUT2D eigenvalue weighted by atomic mass is 16.5. The summed E-state index contributed by atoms with van der Waals surface area (Å²) in [7, 11) is 0. The molecule has 2 fully saturated rings. The minimum atomic E-state index is 0.402. The van der Waals surface area contributed by atoms with E-state index in [0.717, 1.165) is 19.6 Å². The van der Waals surface area contributed by atoms with Crippen LogP contribution in [0.15, 0.2) is 36.4 Å². The summed E-state index contributed by atoms with van der Waals surface area (Å²) in [6.45, 7) is 8.59. The maximum absolute atomic E-state index is 6.01. The third kappa shape index (κ3) is 3.15. The Kier molecular flexibility index (Phi) is 5.08. The van der Waals surface area contributed by atoms with E-state index in [1.165, 1.54) is 78.7 Å². The molecule has 0 bridgehead atoms. The molecule has 160 valence electrons. The van der Waals surface area contributed by atoms with E-state index in [2.05, 4.69) is 57.2 Å². The van der Waals surface area contributed by atoms with Gasteiger partial charge in [0.05, 0.1) is 13.2 Å². The second-order valence-corrected chi connectivity index (χ2v) is 9.98. The molecular formula is C28H36O2. The maximum Gasteiger partial charge on any atom is 0.126 e. The Bertz CT molecular complexity index is 920. The summed E-state index contributed by atoms with van der Waals surface area (Å²) in [5.41, 5.74) is 6.72. The summed E-state index contributed by atoms with van der Waals surface area (Å²) in [5, 5.41) is 0. The summed E-state index contributed by atoms with van der Waals surface area (Å²) >= 11 is 0. The van der Waals surface area contributed by atoms with Crippen LogP contribution in [0, 0.1) is 0 Å². The Morgan fingerprint density at radius 3 is 2.20 bits per heavy atom. The fraction of sp³-hybridized carbons (Fsp3) is 0.571. The van der Waals surface area contributed by atoms with E-state index < -0.39 is 0 Å². The number of hydrogen-bond acceptors (Lipinski definition) is 2. The van der Waals surface area contributed by atoms with E-state index in [9.17, 15) is 0 Å². The van der Waals surface area contributed by atoms with Gasteiger partial charge >= 0.3 is 0 Å².